The zero-order valence-corrected chi connectivity index (χ0v) is 15.7. The van der Waals surface area contributed by atoms with E-state index in [1.54, 1.807) is 12.1 Å². The lowest BCUT2D eigenvalue weighted by molar-refractivity contribution is 0.0841. The van der Waals surface area contributed by atoms with Crippen molar-refractivity contribution in [2.45, 2.75) is 19.3 Å². The number of ketones is 1. The van der Waals surface area contributed by atoms with E-state index < -0.39 is 0 Å². The van der Waals surface area contributed by atoms with E-state index in [1.807, 2.05) is 0 Å². The fourth-order valence-electron chi connectivity index (χ4n) is 3.25. The number of nitrogens with zero attached hydrogens (tertiary/aromatic N) is 1. The van der Waals surface area contributed by atoms with Gasteiger partial charge in [-0.15, -0.1) is 0 Å². The first-order valence-electron chi connectivity index (χ1n) is 8.39. The summed E-state index contributed by atoms with van der Waals surface area (Å²) >= 11 is 2.39. The number of likely N-dealkylation sites (tertiary alicyclic amines) is 1. The molecule has 126 valence electrons. The normalized spacial score (nSPS) is 16.2. The summed E-state index contributed by atoms with van der Waals surface area (Å²) in [5, 5.41) is 0. The van der Waals surface area contributed by atoms with Crippen LogP contribution in [0.1, 0.15) is 28.8 Å². The number of carbonyl (C=O) groups excluding carboxylic acids is 1. The van der Waals surface area contributed by atoms with Crippen LogP contribution in [0.2, 0.25) is 0 Å². The first-order valence-corrected chi connectivity index (χ1v) is 9.47. The van der Waals surface area contributed by atoms with Gasteiger partial charge in [-0.05, 0) is 90.8 Å². The maximum absolute atomic E-state index is 13.0. The molecule has 0 unspecified atom stereocenters. The second kappa shape index (κ2) is 8.21. The molecule has 3 rings (SSSR count). The largest absolute Gasteiger partial charge is 0.303 e. The van der Waals surface area contributed by atoms with Crippen molar-refractivity contribution >= 4 is 28.4 Å². The van der Waals surface area contributed by atoms with E-state index in [-0.39, 0.29) is 17.5 Å². The summed E-state index contributed by atoms with van der Waals surface area (Å²) in [4.78, 5) is 14.9. The van der Waals surface area contributed by atoms with Crippen LogP contribution < -0.4 is 0 Å². The Kier molecular flexibility index (Phi) is 6.00. The third kappa shape index (κ3) is 4.42. The molecule has 1 heterocycles. The van der Waals surface area contributed by atoms with Crippen molar-refractivity contribution in [2.24, 2.45) is 5.92 Å². The Labute approximate surface area is 156 Å². The Balaban J connectivity index is 1.49. The predicted molar refractivity (Wildman–Crippen MR) is 103 cm³/mol. The second-order valence-corrected chi connectivity index (χ2v) is 7.49. The minimum atomic E-state index is -0.295. The number of piperidine rings is 1. The van der Waals surface area contributed by atoms with E-state index in [1.165, 1.54) is 21.3 Å². The molecule has 0 aliphatic carbocycles. The quantitative estimate of drug-likeness (QED) is 0.509. The van der Waals surface area contributed by atoms with Crippen LogP contribution in [-0.2, 0) is 6.42 Å². The molecule has 0 aromatic heterocycles. The maximum Gasteiger partial charge on any atom is 0.166 e. The molecule has 1 aliphatic rings. The molecule has 0 radical (unpaired) electrons. The molecular weight excluding hydrogens is 412 g/mol. The monoisotopic (exact) mass is 433 g/mol. The molecule has 1 saturated heterocycles. The van der Waals surface area contributed by atoms with Gasteiger partial charge in [-0.1, -0.05) is 18.2 Å². The van der Waals surface area contributed by atoms with Gasteiger partial charge in [0, 0.05) is 21.6 Å². The highest BCUT2D eigenvalue weighted by atomic mass is 123. The maximum atomic E-state index is 13.0. The van der Waals surface area contributed by atoms with E-state index in [4.69, 9.17) is 0 Å². The Morgan fingerprint density at radius 2 is 1.75 bits per heavy atom. The van der Waals surface area contributed by atoms with Crippen molar-refractivity contribution < 1.29 is 9.18 Å². The lowest BCUT2D eigenvalue weighted by Crippen LogP contribution is -2.37. The van der Waals surface area contributed by atoms with Gasteiger partial charge < -0.3 is 4.90 Å². The Bertz CT molecular complexity index is 693. The molecule has 2 nitrogen and oxygen atoms in total. The summed E-state index contributed by atoms with van der Waals surface area (Å²) in [5.74, 6) is -0.0623. The molecule has 0 N–H and O–H groups in total. The van der Waals surface area contributed by atoms with Gasteiger partial charge >= 0.3 is 0 Å². The van der Waals surface area contributed by atoms with E-state index >= 15 is 0 Å². The van der Waals surface area contributed by atoms with Crippen molar-refractivity contribution in [1.82, 2.24) is 4.90 Å². The van der Waals surface area contributed by atoms with Crippen LogP contribution in [0, 0.1) is 15.3 Å². The summed E-state index contributed by atoms with van der Waals surface area (Å²) in [7, 11) is 0. The van der Waals surface area contributed by atoms with Gasteiger partial charge in [-0.3, -0.25) is 4.79 Å². The van der Waals surface area contributed by atoms with Crippen molar-refractivity contribution in [3.63, 3.8) is 0 Å². The first kappa shape index (κ1) is 17.5. The fourth-order valence-corrected chi connectivity index (χ4v) is 3.91. The highest BCUT2D eigenvalue weighted by Gasteiger charge is 2.25. The van der Waals surface area contributed by atoms with Gasteiger partial charge in [-0.2, -0.15) is 0 Å². The number of rotatable bonds is 5. The Hall–Kier alpha value is -1.27. The molecule has 0 bridgehead atoms. The molecule has 0 amide bonds. The van der Waals surface area contributed by atoms with Crippen LogP contribution in [0.5, 0.6) is 0 Å². The van der Waals surface area contributed by atoms with Crippen LogP contribution in [0.4, 0.5) is 4.39 Å². The van der Waals surface area contributed by atoms with Crippen molar-refractivity contribution in [3.8, 4) is 0 Å². The molecule has 2 aromatic rings. The second-order valence-electron chi connectivity index (χ2n) is 6.33. The topological polar surface area (TPSA) is 20.3 Å². The molecule has 24 heavy (non-hydrogen) atoms. The number of hydrogen-bond donors (Lipinski definition) is 0. The van der Waals surface area contributed by atoms with Crippen LogP contribution in [0.3, 0.4) is 0 Å². The standard InChI is InChI=1S/C20H21FINO/c21-18-7-5-16(6-8-18)20(24)17-10-13-23(14-11-17)12-9-15-3-1-2-4-19(15)22/h1-8,17H,9-14H2/i22-4. The number of Topliss-reactive ketones (excluding diaryl/α,β-unsaturated/α-hetero) is 1. The summed E-state index contributed by atoms with van der Waals surface area (Å²) in [6.07, 6.45) is 2.83. The van der Waals surface area contributed by atoms with E-state index in [2.05, 4.69) is 51.8 Å². The fraction of sp³-hybridized carbons (Fsp3) is 0.350. The number of benzene rings is 2. The molecule has 1 aliphatic heterocycles. The molecule has 2 aromatic carbocycles. The summed E-state index contributed by atoms with van der Waals surface area (Å²) < 4.78 is 14.3. The van der Waals surface area contributed by atoms with Crippen LogP contribution in [0.15, 0.2) is 48.5 Å². The van der Waals surface area contributed by atoms with Crippen LogP contribution in [-0.4, -0.2) is 30.3 Å². The van der Waals surface area contributed by atoms with Gasteiger partial charge in [0.1, 0.15) is 5.82 Å². The third-order valence-corrected chi connectivity index (χ3v) is 5.79. The minimum Gasteiger partial charge on any atom is -0.303 e. The molecule has 0 atom stereocenters. The lowest BCUT2D eigenvalue weighted by Gasteiger charge is -2.31. The van der Waals surface area contributed by atoms with E-state index in [0.29, 0.717) is 5.56 Å². The molecule has 0 saturated carbocycles. The lowest BCUT2D eigenvalue weighted by atomic mass is 9.89. The van der Waals surface area contributed by atoms with Crippen molar-refractivity contribution in [1.29, 1.82) is 0 Å². The molecule has 4 heteroatoms. The highest BCUT2D eigenvalue weighted by molar-refractivity contribution is 14.1. The van der Waals surface area contributed by atoms with Gasteiger partial charge in [0.15, 0.2) is 5.78 Å². The van der Waals surface area contributed by atoms with Crippen LogP contribution in [0.25, 0.3) is 0 Å². The SMILES string of the molecule is O=C(c1ccc(F)cc1)C1CCN(CCc2ccccc2[123I])CC1. The zero-order chi connectivity index (χ0) is 16.9. The van der Waals surface area contributed by atoms with Gasteiger partial charge in [-0.25, -0.2) is 4.39 Å². The van der Waals surface area contributed by atoms with Crippen molar-refractivity contribution in [2.75, 3.05) is 19.6 Å². The number of carbonyl (C=O) groups is 1. The smallest absolute Gasteiger partial charge is 0.166 e. The summed E-state index contributed by atoms with van der Waals surface area (Å²) in [5.41, 5.74) is 2.02. The van der Waals surface area contributed by atoms with Crippen molar-refractivity contribution in [3.05, 3.63) is 69.0 Å². The predicted octanol–water partition coefficient (Wildman–Crippen LogP) is 4.57. The Morgan fingerprint density at radius 1 is 1.08 bits per heavy atom. The van der Waals surface area contributed by atoms with Crippen LogP contribution >= 0.6 is 22.6 Å². The summed E-state index contributed by atoms with van der Waals surface area (Å²) in [6.45, 7) is 2.96. The number of halogens is 2. The minimum absolute atomic E-state index is 0.0728. The third-order valence-electron chi connectivity index (χ3n) is 4.74. The van der Waals surface area contributed by atoms with Gasteiger partial charge in [0.05, 0.1) is 0 Å². The van der Waals surface area contributed by atoms with E-state index in [0.717, 1.165) is 38.9 Å². The van der Waals surface area contributed by atoms with Gasteiger partial charge in [0.2, 0.25) is 0 Å². The molecular formula is C20H21FINO. The van der Waals surface area contributed by atoms with Gasteiger partial charge in [0.25, 0.3) is 0 Å². The highest BCUT2D eigenvalue weighted by Crippen LogP contribution is 2.22. The number of hydrogen-bond acceptors (Lipinski definition) is 2. The Morgan fingerprint density at radius 3 is 2.42 bits per heavy atom. The van der Waals surface area contributed by atoms with E-state index in [9.17, 15) is 9.18 Å². The first-order chi connectivity index (χ1) is 11.6. The molecule has 1 fully saturated rings. The zero-order valence-electron chi connectivity index (χ0n) is 13.6. The molecule has 0 spiro atoms. The summed E-state index contributed by atoms with van der Waals surface area (Å²) in [6, 6.07) is 14.4. The average molecular weight is 433 g/mol. The average Bonchev–Trinajstić information content (AvgIpc) is 2.62.